The summed E-state index contributed by atoms with van der Waals surface area (Å²) in [5.41, 5.74) is -0.854. The van der Waals surface area contributed by atoms with Gasteiger partial charge in [-0.2, -0.15) is 5.26 Å². The van der Waals surface area contributed by atoms with Gasteiger partial charge < -0.3 is 4.52 Å². The minimum Gasteiger partial charge on any atom is -0.331 e. The molecule has 3 nitrogen and oxygen atoms in total. The molecule has 0 aliphatic rings. The number of nitriles is 1. The number of hydrogen-bond acceptors (Lipinski definition) is 3. The van der Waals surface area contributed by atoms with Gasteiger partial charge in [0, 0.05) is 21.6 Å². The van der Waals surface area contributed by atoms with E-state index in [4.69, 9.17) is 9.79 Å². The first-order valence-electron chi connectivity index (χ1n) is 4.46. The van der Waals surface area contributed by atoms with Gasteiger partial charge in [0.25, 0.3) is 0 Å². The summed E-state index contributed by atoms with van der Waals surface area (Å²) < 4.78 is 5.15. The van der Waals surface area contributed by atoms with Crippen LogP contribution >= 0.6 is 9.47 Å². The molecule has 2 atom stereocenters. The van der Waals surface area contributed by atoms with Crippen molar-refractivity contribution in [2.75, 3.05) is 0 Å². The van der Waals surface area contributed by atoms with Crippen LogP contribution in [0.3, 0.4) is 0 Å². The molecule has 0 aromatic rings. The molecule has 0 heterocycles. The van der Waals surface area contributed by atoms with E-state index in [2.05, 4.69) is 43.2 Å². The van der Waals surface area contributed by atoms with E-state index in [0.717, 1.165) is 0 Å². The summed E-state index contributed by atoms with van der Waals surface area (Å²) in [6, 6.07) is 2.74. The maximum atomic E-state index is 9.02. The Bertz CT molecular complexity index is 192. The van der Waals surface area contributed by atoms with Gasteiger partial charge in [-0.25, -0.2) is 0 Å². The summed E-state index contributed by atoms with van der Waals surface area (Å²) in [4.78, 5) is 2.03. The maximum Gasteiger partial charge on any atom is 0.210 e. The second-order valence-corrected chi connectivity index (χ2v) is 4.04. The van der Waals surface area contributed by atoms with Gasteiger partial charge in [-0.05, 0) is 34.6 Å². The summed E-state index contributed by atoms with van der Waals surface area (Å²) >= 11 is 0. The van der Waals surface area contributed by atoms with Crippen molar-refractivity contribution in [1.82, 2.24) is 4.90 Å². The SMILES string of the molecule is CC(C)N(C(C)C)C(C)(C#N)OP. The number of rotatable bonds is 4. The fraction of sp³-hybridized carbons (Fsp3) is 0.889. The van der Waals surface area contributed by atoms with Crippen molar-refractivity contribution in [2.24, 2.45) is 0 Å². The van der Waals surface area contributed by atoms with Crippen LogP contribution in [0.15, 0.2) is 0 Å². The number of hydrogen-bond donors (Lipinski definition) is 0. The topological polar surface area (TPSA) is 36.3 Å². The molecule has 0 spiro atoms. The Hall–Kier alpha value is -0.160. The first-order valence-corrected chi connectivity index (χ1v) is 4.93. The van der Waals surface area contributed by atoms with Crippen molar-refractivity contribution in [3.8, 4) is 6.07 Å². The summed E-state index contributed by atoms with van der Waals surface area (Å²) in [6.45, 7) is 10.00. The molecule has 13 heavy (non-hydrogen) atoms. The first-order chi connectivity index (χ1) is 5.89. The fourth-order valence-electron chi connectivity index (χ4n) is 1.73. The molecule has 0 aromatic carbocycles. The minimum absolute atomic E-state index is 0.283. The third-order valence-electron chi connectivity index (χ3n) is 2.04. The van der Waals surface area contributed by atoms with Gasteiger partial charge in [-0.1, -0.05) is 0 Å². The molecule has 0 aliphatic carbocycles. The molecule has 0 saturated heterocycles. The van der Waals surface area contributed by atoms with E-state index < -0.39 is 5.72 Å². The molecule has 0 bridgehead atoms. The quantitative estimate of drug-likeness (QED) is 0.517. The second kappa shape index (κ2) is 4.91. The van der Waals surface area contributed by atoms with Crippen molar-refractivity contribution < 1.29 is 4.52 Å². The molecule has 76 valence electrons. The molecule has 0 fully saturated rings. The standard InChI is InChI=1S/C9H19N2OP/c1-7(2)11(8(3)4)9(5,6-10)12-13/h7-8H,13H2,1-5H3. The second-order valence-electron chi connectivity index (χ2n) is 3.81. The van der Waals surface area contributed by atoms with Crippen LogP contribution in [-0.4, -0.2) is 22.7 Å². The van der Waals surface area contributed by atoms with E-state index in [0.29, 0.717) is 0 Å². The maximum absolute atomic E-state index is 9.02. The molecule has 0 aliphatic heterocycles. The van der Waals surface area contributed by atoms with Crippen LogP contribution in [-0.2, 0) is 4.52 Å². The van der Waals surface area contributed by atoms with Crippen molar-refractivity contribution in [2.45, 2.75) is 52.4 Å². The largest absolute Gasteiger partial charge is 0.331 e. The average Bonchev–Trinajstić information content (AvgIpc) is 2.02. The van der Waals surface area contributed by atoms with E-state index in [-0.39, 0.29) is 12.1 Å². The Labute approximate surface area is 83.3 Å². The highest BCUT2D eigenvalue weighted by atomic mass is 31.0. The van der Waals surface area contributed by atoms with E-state index in [9.17, 15) is 0 Å². The number of nitrogens with zero attached hydrogens (tertiary/aromatic N) is 2. The van der Waals surface area contributed by atoms with Crippen LogP contribution in [0.5, 0.6) is 0 Å². The molecular weight excluding hydrogens is 183 g/mol. The molecule has 0 radical (unpaired) electrons. The van der Waals surface area contributed by atoms with Gasteiger partial charge in [0.05, 0.1) is 0 Å². The Morgan fingerprint density at radius 1 is 1.31 bits per heavy atom. The Kier molecular flexibility index (Phi) is 4.85. The van der Waals surface area contributed by atoms with Gasteiger partial charge in [0.2, 0.25) is 5.72 Å². The summed E-state index contributed by atoms with van der Waals surface area (Å²) in [5.74, 6) is 0. The Balaban J connectivity index is 4.83. The highest BCUT2D eigenvalue weighted by Gasteiger charge is 2.35. The third kappa shape index (κ3) is 2.91. The lowest BCUT2D eigenvalue weighted by molar-refractivity contribution is -0.0513. The van der Waals surface area contributed by atoms with Crippen molar-refractivity contribution in [1.29, 1.82) is 5.26 Å². The zero-order valence-corrected chi connectivity index (χ0v) is 10.2. The predicted octanol–water partition coefficient (Wildman–Crippen LogP) is 2.15. The van der Waals surface area contributed by atoms with Crippen LogP contribution in [0.4, 0.5) is 0 Å². The van der Waals surface area contributed by atoms with Crippen molar-refractivity contribution in [3.63, 3.8) is 0 Å². The van der Waals surface area contributed by atoms with Gasteiger partial charge in [0.15, 0.2) is 0 Å². The zero-order valence-electron chi connectivity index (χ0n) is 9.03. The van der Waals surface area contributed by atoms with E-state index in [1.165, 1.54) is 0 Å². The average molecular weight is 202 g/mol. The summed E-state index contributed by atoms with van der Waals surface area (Å²) in [7, 11) is 2.16. The van der Waals surface area contributed by atoms with Crippen LogP contribution < -0.4 is 0 Å². The smallest absolute Gasteiger partial charge is 0.210 e. The van der Waals surface area contributed by atoms with Gasteiger partial charge in [-0.15, -0.1) is 0 Å². The molecule has 4 heteroatoms. The molecule has 0 rings (SSSR count). The van der Waals surface area contributed by atoms with E-state index >= 15 is 0 Å². The lowest BCUT2D eigenvalue weighted by Gasteiger charge is -2.40. The highest BCUT2D eigenvalue weighted by Crippen LogP contribution is 2.24. The van der Waals surface area contributed by atoms with Crippen LogP contribution in [0.25, 0.3) is 0 Å². The molecule has 0 N–H and O–H groups in total. The fourth-order valence-corrected chi connectivity index (χ4v) is 1.90. The minimum atomic E-state index is -0.854. The normalized spacial score (nSPS) is 16.3. The van der Waals surface area contributed by atoms with E-state index in [1.54, 1.807) is 6.92 Å². The van der Waals surface area contributed by atoms with Gasteiger partial charge >= 0.3 is 0 Å². The van der Waals surface area contributed by atoms with E-state index in [1.807, 2.05) is 4.90 Å². The summed E-state index contributed by atoms with van der Waals surface area (Å²) in [6.07, 6.45) is 0. The molecular formula is C9H19N2OP. The molecule has 2 unspecified atom stereocenters. The highest BCUT2D eigenvalue weighted by molar-refractivity contribution is 7.09. The van der Waals surface area contributed by atoms with Crippen molar-refractivity contribution >= 4 is 9.47 Å². The third-order valence-corrected chi connectivity index (χ3v) is 2.50. The van der Waals surface area contributed by atoms with Gasteiger partial charge in [0.1, 0.15) is 6.07 Å². The lowest BCUT2D eigenvalue weighted by atomic mass is 10.1. The van der Waals surface area contributed by atoms with Crippen LogP contribution in [0.1, 0.15) is 34.6 Å². The van der Waals surface area contributed by atoms with Crippen molar-refractivity contribution in [3.05, 3.63) is 0 Å². The Morgan fingerprint density at radius 2 is 1.69 bits per heavy atom. The summed E-state index contributed by atoms with van der Waals surface area (Å²) in [5, 5.41) is 9.02. The zero-order chi connectivity index (χ0) is 10.6. The van der Waals surface area contributed by atoms with Crippen LogP contribution in [0.2, 0.25) is 0 Å². The molecule has 0 saturated carbocycles. The van der Waals surface area contributed by atoms with Gasteiger partial charge in [-0.3, -0.25) is 4.90 Å². The van der Waals surface area contributed by atoms with Crippen LogP contribution in [0, 0.1) is 11.3 Å². The monoisotopic (exact) mass is 202 g/mol. The molecule has 0 amide bonds. The first kappa shape index (κ1) is 12.8. The predicted molar refractivity (Wildman–Crippen MR) is 56.9 cm³/mol. The Morgan fingerprint density at radius 3 is 1.77 bits per heavy atom. The molecule has 0 aromatic heterocycles. The lowest BCUT2D eigenvalue weighted by Crippen LogP contribution is -2.53.